The van der Waals surface area contributed by atoms with Gasteiger partial charge in [-0.05, 0) is 60.7 Å². The largest absolute Gasteiger partial charge is 0.494 e. The van der Waals surface area contributed by atoms with Gasteiger partial charge >= 0.3 is 0 Å². The Kier molecular flexibility index (Phi) is 6.72. The predicted molar refractivity (Wildman–Crippen MR) is 159 cm³/mol. The minimum Gasteiger partial charge on any atom is -0.494 e. The number of rotatable bonds is 7. The number of para-hydroxylation sites is 1. The summed E-state index contributed by atoms with van der Waals surface area (Å²) in [5, 5.41) is 7.86. The lowest BCUT2D eigenvalue weighted by molar-refractivity contribution is -0.115. The van der Waals surface area contributed by atoms with Crippen LogP contribution in [0.15, 0.2) is 85.2 Å². The molecule has 5 aromatic rings. The van der Waals surface area contributed by atoms with E-state index in [0.717, 1.165) is 32.4 Å². The van der Waals surface area contributed by atoms with Crippen molar-refractivity contribution in [3.05, 3.63) is 96.6 Å². The lowest BCUT2D eigenvalue weighted by Crippen LogP contribution is -2.30. The van der Waals surface area contributed by atoms with Crippen molar-refractivity contribution in [2.75, 3.05) is 17.3 Å². The van der Waals surface area contributed by atoms with E-state index in [1.165, 1.54) is 0 Å². The van der Waals surface area contributed by atoms with Crippen LogP contribution in [0.2, 0.25) is 0 Å². The second kappa shape index (κ2) is 10.5. The van der Waals surface area contributed by atoms with Gasteiger partial charge < -0.3 is 20.3 Å². The fraction of sp³-hybridized carbons (Fsp3) is 0.172. The number of thiocarbonyl (C=S) groups is 1. The highest BCUT2D eigenvalue weighted by atomic mass is 32.1. The Balaban J connectivity index is 1.47. The molecule has 196 valence electrons. The molecular weight excluding hydrogens is 528 g/mol. The van der Waals surface area contributed by atoms with Gasteiger partial charge in [0, 0.05) is 30.6 Å². The topological polar surface area (TPSA) is 84.3 Å². The number of hydrogen-bond acceptors (Lipinski definition) is 6. The van der Waals surface area contributed by atoms with Crippen LogP contribution < -0.4 is 20.3 Å². The van der Waals surface area contributed by atoms with Crippen molar-refractivity contribution >= 4 is 56.2 Å². The van der Waals surface area contributed by atoms with Crippen LogP contribution in [-0.2, 0) is 4.79 Å². The second-order valence-electron chi connectivity index (χ2n) is 9.05. The smallest absolute Gasteiger partial charge is 0.224 e. The lowest BCUT2D eigenvalue weighted by atomic mass is 10.0. The summed E-state index contributed by atoms with van der Waals surface area (Å²) < 4.78 is 8.91. The molecular formula is C29H26N6O2S2. The Bertz CT molecular complexity index is 1630. The van der Waals surface area contributed by atoms with E-state index < -0.39 is 0 Å². The number of fused-ring (bicyclic) bond motifs is 1. The molecule has 0 unspecified atom stereocenters. The van der Waals surface area contributed by atoms with E-state index in [1.54, 1.807) is 24.6 Å². The SMILES string of the molecule is CCC(=O)Nc1ccc(N2C(=S)N[C@H](c3ccccn3)[C@H]2c2cccn2-c2nc3ccccc3s2)cc1OC. The molecule has 39 heavy (non-hydrogen) atoms. The second-order valence-corrected chi connectivity index (χ2v) is 10.4. The summed E-state index contributed by atoms with van der Waals surface area (Å²) in [5.41, 5.74) is 4.30. The van der Waals surface area contributed by atoms with E-state index in [1.807, 2.05) is 73.8 Å². The first-order valence-electron chi connectivity index (χ1n) is 12.6. The third-order valence-corrected chi connectivity index (χ3v) is 8.08. The molecule has 0 spiro atoms. The van der Waals surface area contributed by atoms with E-state index in [-0.39, 0.29) is 18.0 Å². The summed E-state index contributed by atoms with van der Waals surface area (Å²) in [6, 6.07) is 23.4. The fourth-order valence-corrected chi connectivity index (χ4v) is 6.19. The van der Waals surface area contributed by atoms with Gasteiger partial charge in [0.15, 0.2) is 10.2 Å². The number of hydrogen-bond donors (Lipinski definition) is 2. The van der Waals surface area contributed by atoms with Crippen LogP contribution in [0.5, 0.6) is 5.75 Å². The highest BCUT2D eigenvalue weighted by Gasteiger charge is 2.42. The molecule has 1 saturated heterocycles. The van der Waals surface area contributed by atoms with Gasteiger partial charge in [0.1, 0.15) is 11.8 Å². The van der Waals surface area contributed by atoms with Gasteiger partial charge in [-0.25, -0.2) is 4.98 Å². The van der Waals surface area contributed by atoms with Crippen LogP contribution in [0.25, 0.3) is 15.3 Å². The number of ether oxygens (including phenoxy) is 1. The van der Waals surface area contributed by atoms with Crippen LogP contribution in [-0.4, -0.2) is 32.7 Å². The standard InChI is InChI=1S/C29H26N6O2S2/c1-3-25(36)31-19-14-13-18(17-23(19)37-2)35-27(26(33-28(35)38)21-10-6-7-15-30-21)22-11-8-16-34(22)29-32-20-9-4-5-12-24(20)39-29/h4-17,26-27H,3H2,1-2H3,(H,31,36)(H,33,38)/t26-,27-/m1/s1. The van der Waals surface area contributed by atoms with Crippen molar-refractivity contribution in [2.24, 2.45) is 0 Å². The molecule has 1 amide bonds. The normalized spacial score (nSPS) is 16.9. The van der Waals surface area contributed by atoms with E-state index in [9.17, 15) is 4.79 Å². The Morgan fingerprint density at radius 2 is 1.97 bits per heavy atom. The molecule has 2 N–H and O–H groups in total. The van der Waals surface area contributed by atoms with Crippen LogP contribution in [0.4, 0.5) is 11.4 Å². The Morgan fingerprint density at radius 1 is 1.13 bits per heavy atom. The summed E-state index contributed by atoms with van der Waals surface area (Å²) in [5.74, 6) is 0.472. The predicted octanol–water partition coefficient (Wildman–Crippen LogP) is 6.02. The molecule has 3 aromatic heterocycles. The first-order chi connectivity index (χ1) is 19.1. The summed E-state index contributed by atoms with van der Waals surface area (Å²) in [6.45, 7) is 1.81. The zero-order valence-electron chi connectivity index (χ0n) is 21.4. The summed E-state index contributed by atoms with van der Waals surface area (Å²) >= 11 is 7.56. The van der Waals surface area contributed by atoms with Gasteiger partial charge in [-0.2, -0.15) is 0 Å². The number of benzene rings is 2. The first-order valence-corrected chi connectivity index (χ1v) is 13.8. The summed E-state index contributed by atoms with van der Waals surface area (Å²) in [6.07, 6.45) is 4.20. The van der Waals surface area contributed by atoms with Crippen LogP contribution in [0, 0.1) is 0 Å². The van der Waals surface area contributed by atoms with Crippen molar-refractivity contribution in [2.45, 2.75) is 25.4 Å². The highest BCUT2D eigenvalue weighted by molar-refractivity contribution is 7.80. The maximum Gasteiger partial charge on any atom is 0.224 e. The van der Waals surface area contributed by atoms with E-state index in [0.29, 0.717) is 23.0 Å². The molecule has 0 radical (unpaired) electrons. The number of aromatic nitrogens is 3. The first kappa shape index (κ1) is 25.0. The van der Waals surface area contributed by atoms with Gasteiger partial charge in [0.2, 0.25) is 5.91 Å². The minimum atomic E-state index is -0.241. The Hall–Kier alpha value is -4.28. The number of nitrogens with one attached hydrogen (secondary N) is 2. The number of carbonyl (C=O) groups excluding carboxylic acids is 1. The lowest BCUT2D eigenvalue weighted by Gasteiger charge is -2.29. The Labute approximate surface area is 235 Å². The van der Waals surface area contributed by atoms with Gasteiger partial charge in [0.25, 0.3) is 0 Å². The van der Waals surface area contributed by atoms with E-state index in [4.69, 9.17) is 21.9 Å². The zero-order valence-corrected chi connectivity index (χ0v) is 23.0. The molecule has 0 saturated carbocycles. The molecule has 0 bridgehead atoms. The summed E-state index contributed by atoms with van der Waals surface area (Å²) in [4.78, 5) is 23.7. The van der Waals surface area contributed by atoms with Gasteiger partial charge in [0.05, 0.1) is 40.4 Å². The van der Waals surface area contributed by atoms with Crippen molar-refractivity contribution in [3.8, 4) is 10.9 Å². The van der Waals surface area contributed by atoms with Crippen LogP contribution in [0.1, 0.15) is 36.8 Å². The number of carbonyl (C=O) groups is 1. The molecule has 8 nitrogen and oxygen atoms in total. The molecule has 6 rings (SSSR count). The fourth-order valence-electron chi connectivity index (χ4n) is 4.88. The van der Waals surface area contributed by atoms with Crippen molar-refractivity contribution in [1.82, 2.24) is 19.9 Å². The number of pyridine rings is 1. The van der Waals surface area contributed by atoms with E-state index in [2.05, 4.69) is 37.2 Å². The van der Waals surface area contributed by atoms with Gasteiger partial charge in [-0.15, -0.1) is 0 Å². The zero-order chi connectivity index (χ0) is 26.9. The maximum absolute atomic E-state index is 12.1. The third-order valence-electron chi connectivity index (χ3n) is 6.73. The van der Waals surface area contributed by atoms with Crippen LogP contribution >= 0.6 is 23.6 Å². The molecule has 1 aliphatic heterocycles. The molecule has 1 aliphatic rings. The van der Waals surface area contributed by atoms with Crippen molar-refractivity contribution in [3.63, 3.8) is 0 Å². The molecule has 10 heteroatoms. The molecule has 4 heterocycles. The third kappa shape index (κ3) is 4.62. The molecule has 2 aromatic carbocycles. The molecule has 1 fully saturated rings. The average molecular weight is 555 g/mol. The monoisotopic (exact) mass is 554 g/mol. The highest BCUT2D eigenvalue weighted by Crippen LogP contribution is 2.44. The summed E-state index contributed by atoms with van der Waals surface area (Å²) in [7, 11) is 1.59. The molecule has 2 atom stereocenters. The quantitative estimate of drug-likeness (QED) is 0.238. The average Bonchev–Trinajstić information content (AvgIpc) is 3.70. The van der Waals surface area contributed by atoms with Crippen LogP contribution in [0.3, 0.4) is 0 Å². The van der Waals surface area contributed by atoms with E-state index >= 15 is 0 Å². The van der Waals surface area contributed by atoms with Gasteiger partial charge in [-0.3, -0.25) is 14.3 Å². The maximum atomic E-state index is 12.1. The number of amides is 1. The minimum absolute atomic E-state index is 0.0823. The number of nitrogens with zero attached hydrogens (tertiary/aromatic N) is 4. The number of methoxy groups -OCH3 is 1. The van der Waals surface area contributed by atoms with Crippen molar-refractivity contribution < 1.29 is 9.53 Å². The number of thiazole rings is 1. The van der Waals surface area contributed by atoms with Gasteiger partial charge in [-0.1, -0.05) is 36.5 Å². The van der Waals surface area contributed by atoms with Crippen molar-refractivity contribution in [1.29, 1.82) is 0 Å². The number of anilines is 2. The Morgan fingerprint density at radius 3 is 2.74 bits per heavy atom. The molecule has 0 aliphatic carbocycles.